The number of nitrogens with zero attached hydrogens (tertiary/aromatic N) is 2. The first-order chi connectivity index (χ1) is 12.3. The number of hydrogen-bond donors (Lipinski definition) is 1. The Hall–Kier alpha value is -2.29. The van der Waals surface area contributed by atoms with Gasteiger partial charge in [0.25, 0.3) is 5.91 Å². The summed E-state index contributed by atoms with van der Waals surface area (Å²) in [5.74, 6) is -0.396. The van der Waals surface area contributed by atoms with E-state index >= 15 is 0 Å². The molecule has 26 heavy (non-hydrogen) atoms. The average Bonchev–Trinajstić information content (AvgIpc) is 3.09. The first-order valence-corrected chi connectivity index (χ1v) is 10.6. The van der Waals surface area contributed by atoms with Gasteiger partial charge >= 0.3 is 0 Å². The van der Waals surface area contributed by atoms with Crippen LogP contribution >= 0.6 is 22.9 Å². The zero-order valence-electron chi connectivity index (χ0n) is 13.6. The first-order valence-electron chi connectivity index (χ1n) is 7.47. The first kappa shape index (κ1) is 18.5. The fraction of sp³-hybridized carbons (Fsp3) is 0.118. The summed E-state index contributed by atoms with van der Waals surface area (Å²) in [6.45, 7) is 0.241. The SMILES string of the molecule is CS(=O)(=O)c1cc(C(=O)NCc2nc(-c3ccncc3)cs2)ccc1Cl. The van der Waals surface area contributed by atoms with Gasteiger partial charge in [-0.3, -0.25) is 9.78 Å². The number of halogens is 1. The largest absolute Gasteiger partial charge is 0.346 e. The van der Waals surface area contributed by atoms with Crippen molar-refractivity contribution in [1.29, 1.82) is 0 Å². The minimum absolute atomic E-state index is 0.0685. The summed E-state index contributed by atoms with van der Waals surface area (Å²) in [5.41, 5.74) is 1.98. The summed E-state index contributed by atoms with van der Waals surface area (Å²) in [7, 11) is -3.51. The van der Waals surface area contributed by atoms with Crippen molar-refractivity contribution in [2.24, 2.45) is 0 Å². The summed E-state index contributed by atoms with van der Waals surface area (Å²) in [6.07, 6.45) is 4.43. The minimum Gasteiger partial charge on any atom is -0.346 e. The molecule has 3 aromatic rings. The number of pyridine rings is 1. The quantitative estimate of drug-likeness (QED) is 0.701. The van der Waals surface area contributed by atoms with Crippen LogP contribution in [0, 0.1) is 0 Å². The highest BCUT2D eigenvalue weighted by atomic mass is 35.5. The van der Waals surface area contributed by atoms with Crippen LogP contribution in [-0.2, 0) is 16.4 Å². The third-order valence-electron chi connectivity index (χ3n) is 3.52. The smallest absolute Gasteiger partial charge is 0.251 e. The van der Waals surface area contributed by atoms with E-state index in [1.165, 1.54) is 29.5 Å². The molecule has 0 atom stereocenters. The standard InChI is InChI=1S/C17H14ClN3O3S2/c1-26(23,24)15-8-12(2-3-13(15)18)17(22)20-9-16-21-14(10-25-16)11-4-6-19-7-5-11/h2-8,10H,9H2,1H3,(H,20,22). The molecule has 9 heteroatoms. The van der Waals surface area contributed by atoms with Crippen LogP contribution in [0.1, 0.15) is 15.4 Å². The van der Waals surface area contributed by atoms with Crippen molar-refractivity contribution in [3.05, 3.63) is 63.7 Å². The molecule has 2 heterocycles. The molecule has 0 aliphatic heterocycles. The van der Waals surface area contributed by atoms with Crippen LogP contribution in [0.5, 0.6) is 0 Å². The Kier molecular flexibility index (Phi) is 5.36. The highest BCUT2D eigenvalue weighted by Gasteiger charge is 2.16. The van der Waals surface area contributed by atoms with E-state index in [4.69, 9.17) is 11.6 Å². The molecule has 0 aliphatic carbocycles. The van der Waals surface area contributed by atoms with Crippen molar-refractivity contribution in [1.82, 2.24) is 15.3 Å². The van der Waals surface area contributed by atoms with E-state index < -0.39 is 15.7 Å². The summed E-state index contributed by atoms with van der Waals surface area (Å²) >= 11 is 7.32. The Morgan fingerprint density at radius 3 is 2.65 bits per heavy atom. The molecule has 1 N–H and O–H groups in total. The fourth-order valence-electron chi connectivity index (χ4n) is 2.23. The second-order valence-electron chi connectivity index (χ2n) is 5.46. The lowest BCUT2D eigenvalue weighted by molar-refractivity contribution is 0.0950. The highest BCUT2D eigenvalue weighted by molar-refractivity contribution is 7.90. The molecule has 0 radical (unpaired) electrons. The van der Waals surface area contributed by atoms with Crippen molar-refractivity contribution in [2.45, 2.75) is 11.4 Å². The zero-order chi connectivity index (χ0) is 18.7. The Morgan fingerprint density at radius 2 is 1.96 bits per heavy atom. The Balaban J connectivity index is 1.71. The Labute approximate surface area is 159 Å². The number of carbonyl (C=O) groups excluding carboxylic acids is 1. The van der Waals surface area contributed by atoms with Crippen LogP contribution in [0.15, 0.2) is 53.0 Å². The molecule has 2 aromatic heterocycles. The highest BCUT2D eigenvalue weighted by Crippen LogP contribution is 2.23. The lowest BCUT2D eigenvalue weighted by atomic mass is 10.2. The third-order valence-corrected chi connectivity index (χ3v) is 5.95. The monoisotopic (exact) mass is 407 g/mol. The molecule has 0 aliphatic rings. The van der Waals surface area contributed by atoms with Crippen LogP contribution in [0.3, 0.4) is 0 Å². The molecular formula is C17H14ClN3O3S2. The van der Waals surface area contributed by atoms with Gasteiger partial charge in [0.05, 0.1) is 22.2 Å². The number of sulfone groups is 1. The second kappa shape index (κ2) is 7.53. The predicted octanol–water partition coefficient (Wildman–Crippen LogP) is 3.19. The average molecular weight is 408 g/mol. The van der Waals surface area contributed by atoms with E-state index in [-0.39, 0.29) is 22.0 Å². The van der Waals surface area contributed by atoms with Gasteiger partial charge in [-0.25, -0.2) is 13.4 Å². The Morgan fingerprint density at radius 1 is 1.23 bits per heavy atom. The second-order valence-corrected chi connectivity index (χ2v) is 8.80. The van der Waals surface area contributed by atoms with Gasteiger partial charge in [0.15, 0.2) is 9.84 Å². The zero-order valence-corrected chi connectivity index (χ0v) is 16.0. The van der Waals surface area contributed by atoms with Gasteiger partial charge in [-0.2, -0.15) is 0 Å². The van der Waals surface area contributed by atoms with Crippen LogP contribution < -0.4 is 5.32 Å². The number of amides is 1. The maximum absolute atomic E-state index is 12.3. The topological polar surface area (TPSA) is 89.0 Å². The molecule has 134 valence electrons. The van der Waals surface area contributed by atoms with Gasteiger partial charge in [-0.05, 0) is 30.3 Å². The van der Waals surface area contributed by atoms with E-state index in [1.54, 1.807) is 12.4 Å². The molecule has 0 saturated carbocycles. The van der Waals surface area contributed by atoms with Gasteiger partial charge < -0.3 is 5.32 Å². The Bertz CT molecular complexity index is 1050. The summed E-state index contributed by atoms with van der Waals surface area (Å²) in [6, 6.07) is 7.88. The predicted molar refractivity (Wildman–Crippen MR) is 101 cm³/mol. The number of aromatic nitrogens is 2. The summed E-state index contributed by atoms with van der Waals surface area (Å²) in [5, 5.41) is 5.47. The number of nitrogens with one attached hydrogen (secondary N) is 1. The van der Waals surface area contributed by atoms with E-state index in [2.05, 4.69) is 15.3 Å². The minimum atomic E-state index is -3.51. The normalized spacial score (nSPS) is 11.3. The molecule has 0 saturated heterocycles. The number of benzene rings is 1. The lowest BCUT2D eigenvalue weighted by Gasteiger charge is -2.07. The van der Waals surface area contributed by atoms with Gasteiger partial charge in [-0.15, -0.1) is 11.3 Å². The van der Waals surface area contributed by atoms with Gasteiger partial charge in [0.2, 0.25) is 0 Å². The van der Waals surface area contributed by atoms with E-state index in [1.807, 2.05) is 17.5 Å². The van der Waals surface area contributed by atoms with Crippen molar-refractivity contribution in [3.8, 4) is 11.3 Å². The maximum atomic E-state index is 12.3. The molecule has 0 bridgehead atoms. The third kappa shape index (κ3) is 4.27. The van der Waals surface area contributed by atoms with Gasteiger partial charge in [0.1, 0.15) is 5.01 Å². The summed E-state index contributed by atoms with van der Waals surface area (Å²) < 4.78 is 23.4. The van der Waals surface area contributed by atoms with E-state index in [0.717, 1.165) is 22.5 Å². The van der Waals surface area contributed by atoms with Gasteiger partial charge in [0, 0.05) is 35.2 Å². The molecule has 1 amide bonds. The molecule has 0 spiro atoms. The van der Waals surface area contributed by atoms with Crippen LogP contribution in [-0.4, -0.2) is 30.5 Å². The number of hydrogen-bond acceptors (Lipinski definition) is 6. The van der Waals surface area contributed by atoms with Crippen molar-refractivity contribution >= 4 is 38.7 Å². The van der Waals surface area contributed by atoms with E-state index in [9.17, 15) is 13.2 Å². The number of thiazole rings is 1. The maximum Gasteiger partial charge on any atom is 0.251 e. The number of rotatable bonds is 5. The molecule has 6 nitrogen and oxygen atoms in total. The van der Waals surface area contributed by atoms with Crippen molar-refractivity contribution in [2.75, 3.05) is 6.26 Å². The molecule has 1 aromatic carbocycles. The van der Waals surface area contributed by atoms with Crippen LogP contribution in [0.4, 0.5) is 0 Å². The molecule has 3 rings (SSSR count). The van der Waals surface area contributed by atoms with Crippen LogP contribution in [0.2, 0.25) is 5.02 Å². The molecule has 0 unspecified atom stereocenters. The van der Waals surface area contributed by atoms with Crippen molar-refractivity contribution in [3.63, 3.8) is 0 Å². The lowest BCUT2D eigenvalue weighted by Crippen LogP contribution is -2.23. The van der Waals surface area contributed by atoms with Gasteiger partial charge in [-0.1, -0.05) is 11.6 Å². The summed E-state index contributed by atoms with van der Waals surface area (Å²) in [4.78, 5) is 20.7. The fourth-order valence-corrected chi connectivity index (χ4v) is 4.28. The van der Waals surface area contributed by atoms with E-state index in [0.29, 0.717) is 0 Å². The molecule has 0 fully saturated rings. The van der Waals surface area contributed by atoms with Crippen molar-refractivity contribution < 1.29 is 13.2 Å². The number of carbonyl (C=O) groups is 1. The van der Waals surface area contributed by atoms with Crippen LogP contribution in [0.25, 0.3) is 11.3 Å². The molecular weight excluding hydrogens is 394 g/mol.